The second-order valence-corrected chi connectivity index (χ2v) is 4.34. The molecule has 0 bridgehead atoms. The van der Waals surface area contributed by atoms with Gasteiger partial charge in [0.2, 0.25) is 0 Å². The number of hydrogen-bond donors (Lipinski definition) is 1. The van der Waals surface area contributed by atoms with Gasteiger partial charge in [-0.15, -0.1) is 0 Å². The van der Waals surface area contributed by atoms with Crippen LogP contribution in [0.4, 0.5) is 0 Å². The molecule has 1 atom stereocenters. The van der Waals surface area contributed by atoms with Crippen molar-refractivity contribution in [1.82, 2.24) is 5.32 Å². The lowest BCUT2D eigenvalue weighted by molar-refractivity contribution is -0.142. The van der Waals surface area contributed by atoms with Crippen molar-refractivity contribution in [3.63, 3.8) is 0 Å². The van der Waals surface area contributed by atoms with Crippen LogP contribution in [0, 0.1) is 0 Å². The second-order valence-electron chi connectivity index (χ2n) is 4.34. The number of hydrogen-bond acceptors (Lipinski definition) is 4. The molecular formula is C14H19NO3. The van der Waals surface area contributed by atoms with Gasteiger partial charge < -0.3 is 14.8 Å². The van der Waals surface area contributed by atoms with Crippen LogP contribution < -0.4 is 10.1 Å². The minimum absolute atomic E-state index is 0.200. The molecule has 0 aliphatic heterocycles. The Morgan fingerprint density at radius 2 is 2.33 bits per heavy atom. The Kier molecular flexibility index (Phi) is 4.20. The Morgan fingerprint density at radius 3 is 3.06 bits per heavy atom. The summed E-state index contributed by atoms with van der Waals surface area (Å²) in [5.41, 5.74) is 2.57. The summed E-state index contributed by atoms with van der Waals surface area (Å²) in [6.45, 7) is 2.50. The van der Waals surface area contributed by atoms with Crippen molar-refractivity contribution in [2.45, 2.75) is 25.8 Å². The normalized spacial score (nSPS) is 17.3. The monoisotopic (exact) mass is 249 g/mol. The largest absolute Gasteiger partial charge is 0.497 e. The van der Waals surface area contributed by atoms with Crippen molar-refractivity contribution in [3.05, 3.63) is 29.3 Å². The van der Waals surface area contributed by atoms with Gasteiger partial charge in [0.15, 0.2) is 0 Å². The van der Waals surface area contributed by atoms with E-state index in [1.165, 1.54) is 11.1 Å². The topological polar surface area (TPSA) is 47.6 Å². The predicted octanol–water partition coefficient (Wildman–Crippen LogP) is 1.84. The molecular weight excluding hydrogens is 230 g/mol. The molecule has 0 amide bonds. The first-order chi connectivity index (χ1) is 8.74. The van der Waals surface area contributed by atoms with Crippen LogP contribution in [0.2, 0.25) is 0 Å². The van der Waals surface area contributed by atoms with Crippen molar-refractivity contribution in [1.29, 1.82) is 0 Å². The first-order valence-corrected chi connectivity index (χ1v) is 6.30. The number of carbonyl (C=O) groups excluding carboxylic acids is 1. The summed E-state index contributed by atoms with van der Waals surface area (Å²) >= 11 is 0. The molecule has 1 N–H and O–H groups in total. The average Bonchev–Trinajstić information content (AvgIpc) is 2.79. The molecule has 0 radical (unpaired) electrons. The highest BCUT2D eigenvalue weighted by atomic mass is 16.5. The molecule has 0 saturated heterocycles. The van der Waals surface area contributed by atoms with Crippen LogP contribution in [0.3, 0.4) is 0 Å². The zero-order valence-corrected chi connectivity index (χ0v) is 10.9. The number of ether oxygens (including phenoxy) is 2. The zero-order valence-electron chi connectivity index (χ0n) is 10.9. The highest BCUT2D eigenvalue weighted by Gasteiger charge is 2.23. The maximum absolute atomic E-state index is 11.3. The molecule has 1 unspecified atom stereocenters. The predicted molar refractivity (Wildman–Crippen MR) is 68.7 cm³/mol. The molecule has 18 heavy (non-hydrogen) atoms. The van der Waals surface area contributed by atoms with E-state index in [2.05, 4.69) is 11.4 Å². The molecule has 0 aromatic heterocycles. The fourth-order valence-electron chi connectivity index (χ4n) is 2.34. The number of benzene rings is 1. The number of rotatable bonds is 5. The fourth-order valence-corrected chi connectivity index (χ4v) is 2.34. The van der Waals surface area contributed by atoms with Crippen molar-refractivity contribution >= 4 is 5.97 Å². The van der Waals surface area contributed by atoms with Crippen molar-refractivity contribution in [3.8, 4) is 5.75 Å². The van der Waals surface area contributed by atoms with Gasteiger partial charge in [0.05, 0.1) is 20.3 Å². The van der Waals surface area contributed by atoms with E-state index in [-0.39, 0.29) is 18.6 Å². The molecule has 0 fully saturated rings. The summed E-state index contributed by atoms with van der Waals surface area (Å²) in [7, 11) is 1.66. The number of fused-ring (bicyclic) bond motifs is 1. The number of carbonyl (C=O) groups is 1. The van der Waals surface area contributed by atoms with Gasteiger partial charge in [-0.2, -0.15) is 0 Å². The van der Waals surface area contributed by atoms with E-state index in [1.54, 1.807) is 7.11 Å². The first-order valence-electron chi connectivity index (χ1n) is 6.30. The molecule has 1 aliphatic rings. The summed E-state index contributed by atoms with van der Waals surface area (Å²) < 4.78 is 10.1. The zero-order chi connectivity index (χ0) is 13.0. The standard InChI is InChI=1S/C14H19NO3/c1-3-18-14(16)9-15-13-7-5-10-4-6-11(17-2)8-12(10)13/h4,6,8,13,15H,3,5,7,9H2,1-2H3. The first kappa shape index (κ1) is 12.9. The summed E-state index contributed by atoms with van der Waals surface area (Å²) in [5, 5.41) is 3.24. The smallest absolute Gasteiger partial charge is 0.319 e. The Bertz CT molecular complexity index is 431. The summed E-state index contributed by atoms with van der Waals surface area (Å²) in [6, 6.07) is 6.34. The Balaban J connectivity index is 2.00. The molecule has 0 heterocycles. The van der Waals surface area contributed by atoms with Crippen LogP contribution in [0.15, 0.2) is 18.2 Å². The Hall–Kier alpha value is -1.55. The number of nitrogens with one attached hydrogen (secondary N) is 1. The molecule has 0 spiro atoms. The van der Waals surface area contributed by atoms with Crippen LogP contribution in [-0.2, 0) is 16.0 Å². The molecule has 4 nitrogen and oxygen atoms in total. The molecule has 1 aliphatic carbocycles. The van der Waals surface area contributed by atoms with E-state index in [4.69, 9.17) is 9.47 Å². The van der Waals surface area contributed by atoms with Crippen LogP contribution in [0.5, 0.6) is 5.75 Å². The average molecular weight is 249 g/mol. The molecule has 2 rings (SSSR count). The minimum atomic E-state index is -0.200. The maximum atomic E-state index is 11.3. The SMILES string of the molecule is CCOC(=O)CNC1CCc2ccc(OC)cc21. The van der Waals surface area contributed by atoms with E-state index in [0.717, 1.165) is 18.6 Å². The third kappa shape index (κ3) is 2.82. The van der Waals surface area contributed by atoms with E-state index < -0.39 is 0 Å². The van der Waals surface area contributed by atoms with E-state index in [1.807, 2.05) is 19.1 Å². The highest BCUT2D eigenvalue weighted by molar-refractivity contribution is 5.71. The molecule has 1 aromatic carbocycles. The van der Waals surface area contributed by atoms with E-state index in [9.17, 15) is 4.79 Å². The number of aryl methyl sites for hydroxylation is 1. The van der Waals surface area contributed by atoms with E-state index >= 15 is 0 Å². The van der Waals surface area contributed by atoms with Gasteiger partial charge in [0.1, 0.15) is 5.75 Å². The number of methoxy groups -OCH3 is 1. The van der Waals surface area contributed by atoms with Crippen LogP contribution in [-0.4, -0.2) is 26.2 Å². The Labute approximate surface area is 107 Å². The van der Waals surface area contributed by atoms with Crippen LogP contribution in [0.1, 0.15) is 30.5 Å². The van der Waals surface area contributed by atoms with Gasteiger partial charge in [-0.1, -0.05) is 6.07 Å². The van der Waals surface area contributed by atoms with Crippen LogP contribution >= 0.6 is 0 Å². The summed E-state index contributed by atoms with van der Waals surface area (Å²) in [6.07, 6.45) is 2.06. The highest BCUT2D eigenvalue weighted by Crippen LogP contribution is 2.33. The quantitative estimate of drug-likeness (QED) is 0.809. The van der Waals surface area contributed by atoms with Gasteiger partial charge in [0, 0.05) is 6.04 Å². The third-order valence-electron chi connectivity index (χ3n) is 3.23. The van der Waals surface area contributed by atoms with E-state index in [0.29, 0.717) is 6.61 Å². The number of esters is 1. The maximum Gasteiger partial charge on any atom is 0.319 e. The summed E-state index contributed by atoms with van der Waals surface area (Å²) in [5.74, 6) is 0.660. The van der Waals surface area contributed by atoms with Crippen LogP contribution in [0.25, 0.3) is 0 Å². The van der Waals surface area contributed by atoms with Gasteiger partial charge in [-0.25, -0.2) is 0 Å². The molecule has 1 aromatic rings. The van der Waals surface area contributed by atoms with Gasteiger partial charge >= 0.3 is 5.97 Å². The van der Waals surface area contributed by atoms with Crippen molar-refractivity contribution in [2.75, 3.05) is 20.3 Å². The molecule has 0 saturated carbocycles. The summed E-state index contributed by atoms with van der Waals surface area (Å²) in [4.78, 5) is 11.3. The lowest BCUT2D eigenvalue weighted by Gasteiger charge is -2.14. The fraction of sp³-hybridized carbons (Fsp3) is 0.500. The van der Waals surface area contributed by atoms with Crippen molar-refractivity contribution in [2.24, 2.45) is 0 Å². The van der Waals surface area contributed by atoms with Gasteiger partial charge in [-0.05, 0) is 43.0 Å². The van der Waals surface area contributed by atoms with Crippen molar-refractivity contribution < 1.29 is 14.3 Å². The van der Waals surface area contributed by atoms with Gasteiger partial charge in [-0.3, -0.25) is 4.79 Å². The Morgan fingerprint density at radius 1 is 1.50 bits per heavy atom. The molecule has 4 heteroatoms. The lowest BCUT2D eigenvalue weighted by Crippen LogP contribution is -2.27. The second kappa shape index (κ2) is 5.87. The third-order valence-corrected chi connectivity index (χ3v) is 3.23. The minimum Gasteiger partial charge on any atom is -0.497 e. The molecule has 98 valence electrons. The lowest BCUT2D eigenvalue weighted by atomic mass is 10.1. The van der Waals surface area contributed by atoms with Gasteiger partial charge in [0.25, 0.3) is 0 Å².